The number of benzene rings is 1. The van der Waals surface area contributed by atoms with Crippen molar-refractivity contribution in [1.29, 1.82) is 0 Å². The Labute approximate surface area is 247 Å². The summed E-state index contributed by atoms with van der Waals surface area (Å²) in [5.74, 6) is -4.91. The molecule has 0 aromatic heterocycles. The maximum atomic E-state index is 14.3. The molecule has 5 rings (SSSR count). The number of carbonyl (C=O) groups excluding carboxylic acids is 3. The average molecular weight is 575 g/mol. The number of rotatable bonds is 5. The molecule has 7 nitrogen and oxygen atoms in total. The molecule has 0 amide bonds. The van der Waals surface area contributed by atoms with Crippen LogP contribution in [0.25, 0.3) is 5.57 Å². The highest BCUT2D eigenvalue weighted by Gasteiger charge is 2.71. The summed E-state index contributed by atoms with van der Waals surface area (Å²) in [5, 5.41) is 46.3. The van der Waals surface area contributed by atoms with Crippen LogP contribution >= 0.6 is 0 Å². The molecule has 0 aliphatic heterocycles. The van der Waals surface area contributed by atoms with Gasteiger partial charge >= 0.3 is 0 Å². The molecule has 0 saturated heterocycles. The second kappa shape index (κ2) is 9.80. The molecular formula is C35H42O7. The quantitative estimate of drug-likeness (QED) is 0.233. The zero-order valence-electron chi connectivity index (χ0n) is 25.3. The second-order valence-corrected chi connectivity index (χ2v) is 13.8. The summed E-state index contributed by atoms with van der Waals surface area (Å²) in [5.41, 5.74) is -2.94. The van der Waals surface area contributed by atoms with Crippen molar-refractivity contribution in [1.82, 2.24) is 0 Å². The largest absolute Gasteiger partial charge is 0.511 e. The van der Waals surface area contributed by atoms with Gasteiger partial charge in [-0.3, -0.25) is 14.4 Å². The Hall–Kier alpha value is -3.45. The minimum atomic E-state index is -2.62. The zero-order valence-corrected chi connectivity index (χ0v) is 25.3. The molecule has 42 heavy (non-hydrogen) atoms. The number of phenols is 1. The van der Waals surface area contributed by atoms with Crippen LogP contribution in [0.15, 0.2) is 53.5 Å². The van der Waals surface area contributed by atoms with E-state index in [1.807, 2.05) is 13.8 Å². The van der Waals surface area contributed by atoms with Crippen molar-refractivity contribution in [2.75, 3.05) is 0 Å². The minimum Gasteiger partial charge on any atom is -0.511 e. The first-order valence-electron chi connectivity index (χ1n) is 15.0. The van der Waals surface area contributed by atoms with Gasteiger partial charge in [0.1, 0.15) is 22.8 Å². The minimum absolute atomic E-state index is 0.00479. The number of carbonyl (C=O) groups is 3. The van der Waals surface area contributed by atoms with Gasteiger partial charge in [-0.1, -0.05) is 66.2 Å². The highest BCUT2D eigenvalue weighted by Crippen LogP contribution is 2.65. The van der Waals surface area contributed by atoms with Crippen molar-refractivity contribution in [3.8, 4) is 5.75 Å². The third-order valence-corrected chi connectivity index (χ3v) is 10.7. The molecule has 1 saturated carbocycles. The van der Waals surface area contributed by atoms with Crippen LogP contribution in [-0.2, 0) is 16.0 Å². The summed E-state index contributed by atoms with van der Waals surface area (Å²) in [4.78, 5) is 40.6. The van der Waals surface area contributed by atoms with Gasteiger partial charge in [0.25, 0.3) is 0 Å². The monoisotopic (exact) mass is 574 g/mol. The van der Waals surface area contributed by atoms with Crippen LogP contribution in [-0.4, -0.2) is 43.4 Å². The first kappa shape index (κ1) is 30.0. The van der Waals surface area contributed by atoms with Crippen molar-refractivity contribution in [3.63, 3.8) is 0 Å². The summed E-state index contributed by atoms with van der Waals surface area (Å²) in [6.07, 6.45) is 5.75. The van der Waals surface area contributed by atoms with Gasteiger partial charge < -0.3 is 20.4 Å². The topological polar surface area (TPSA) is 132 Å². The third-order valence-electron chi connectivity index (χ3n) is 10.7. The smallest absolute Gasteiger partial charge is 0.209 e. The molecule has 0 heterocycles. The van der Waals surface area contributed by atoms with Gasteiger partial charge in [-0.05, 0) is 72.8 Å². The Bertz CT molecular complexity index is 1520. The first-order chi connectivity index (χ1) is 19.5. The SMILES string of the molecule is C=C(C(=C)C1CCCCC1)c1ccc(O)c2c1C[C@]1(C)C[C@]3(C)C(C(C)C)C(O)=C(C(C)=O)C(=O)[C@]3(O)C(O)=C1C2=O. The average Bonchev–Trinajstić information content (AvgIpc) is 2.90. The number of aromatic hydroxyl groups is 1. The molecule has 0 spiro atoms. The van der Waals surface area contributed by atoms with Gasteiger partial charge in [0, 0.05) is 22.3 Å². The summed E-state index contributed by atoms with van der Waals surface area (Å²) < 4.78 is 0. The lowest BCUT2D eigenvalue weighted by atomic mass is 9.44. The normalized spacial score (nSPS) is 31.5. The molecule has 224 valence electrons. The van der Waals surface area contributed by atoms with E-state index >= 15 is 0 Å². The van der Waals surface area contributed by atoms with Crippen LogP contribution in [0.5, 0.6) is 5.75 Å². The van der Waals surface area contributed by atoms with E-state index in [1.54, 1.807) is 19.9 Å². The zero-order chi connectivity index (χ0) is 31.1. The van der Waals surface area contributed by atoms with E-state index in [0.717, 1.165) is 38.2 Å². The van der Waals surface area contributed by atoms with E-state index in [-0.39, 0.29) is 35.6 Å². The maximum absolute atomic E-state index is 14.3. The lowest BCUT2D eigenvalue weighted by molar-refractivity contribution is -0.171. The number of aliphatic hydroxyl groups excluding tert-OH is 2. The highest BCUT2D eigenvalue weighted by atomic mass is 16.3. The fourth-order valence-electron chi connectivity index (χ4n) is 8.89. The number of allylic oxidation sites excluding steroid dienone is 4. The number of fused-ring (bicyclic) bond motifs is 3. The van der Waals surface area contributed by atoms with Crippen LogP contribution in [0.1, 0.15) is 94.6 Å². The van der Waals surface area contributed by atoms with E-state index in [0.29, 0.717) is 22.6 Å². The maximum Gasteiger partial charge on any atom is 0.209 e. The Kier molecular flexibility index (Phi) is 7.00. The molecule has 0 radical (unpaired) electrons. The van der Waals surface area contributed by atoms with Crippen molar-refractivity contribution < 1.29 is 34.8 Å². The molecule has 1 fully saturated rings. The predicted molar refractivity (Wildman–Crippen MR) is 160 cm³/mol. The number of aliphatic hydroxyl groups is 3. The fraction of sp³-hybridized carbons (Fsp3) is 0.514. The fourth-order valence-corrected chi connectivity index (χ4v) is 8.89. The number of Topliss-reactive ketones (excluding diaryl/α,β-unsaturated/α-hetero) is 3. The Morgan fingerprint density at radius 3 is 2.21 bits per heavy atom. The van der Waals surface area contributed by atoms with Gasteiger partial charge in [-0.2, -0.15) is 0 Å². The third kappa shape index (κ3) is 3.85. The van der Waals surface area contributed by atoms with Gasteiger partial charge in [-0.15, -0.1) is 0 Å². The van der Waals surface area contributed by atoms with Crippen molar-refractivity contribution in [3.05, 3.63) is 70.2 Å². The molecule has 4 N–H and O–H groups in total. The van der Waals surface area contributed by atoms with Crippen molar-refractivity contribution in [2.45, 2.75) is 85.2 Å². The van der Waals surface area contributed by atoms with E-state index < -0.39 is 56.8 Å². The van der Waals surface area contributed by atoms with Crippen LogP contribution in [0.3, 0.4) is 0 Å². The van der Waals surface area contributed by atoms with Crippen LogP contribution in [0, 0.1) is 28.6 Å². The van der Waals surface area contributed by atoms with E-state index in [9.17, 15) is 34.8 Å². The van der Waals surface area contributed by atoms with Crippen LogP contribution < -0.4 is 0 Å². The predicted octanol–water partition coefficient (Wildman–Crippen LogP) is 6.50. The second-order valence-electron chi connectivity index (χ2n) is 13.8. The molecule has 0 bridgehead atoms. The molecule has 1 aromatic rings. The highest BCUT2D eigenvalue weighted by molar-refractivity contribution is 6.25. The van der Waals surface area contributed by atoms with Gasteiger partial charge in [0.15, 0.2) is 17.2 Å². The molecule has 4 aliphatic carbocycles. The van der Waals surface area contributed by atoms with Gasteiger partial charge in [-0.25, -0.2) is 0 Å². The number of hydrogen-bond acceptors (Lipinski definition) is 7. The summed E-state index contributed by atoms with van der Waals surface area (Å²) in [7, 11) is 0. The summed E-state index contributed by atoms with van der Waals surface area (Å²) in [6.45, 7) is 16.9. The Morgan fingerprint density at radius 2 is 1.64 bits per heavy atom. The molecule has 1 unspecified atom stereocenters. The first-order valence-corrected chi connectivity index (χ1v) is 15.0. The summed E-state index contributed by atoms with van der Waals surface area (Å²) in [6, 6.07) is 3.19. The molecule has 4 atom stereocenters. The van der Waals surface area contributed by atoms with Crippen LogP contribution in [0.4, 0.5) is 0 Å². The van der Waals surface area contributed by atoms with E-state index in [4.69, 9.17) is 0 Å². The molecule has 4 aliphatic rings. The lowest BCUT2D eigenvalue weighted by Crippen LogP contribution is -2.67. The van der Waals surface area contributed by atoms with E-state index in [2.05, 4.69) is 13.2 Å². The molecular weight excluding hydrogens is 532 g/mol. The van der Waals surface area contributed by atoms with Crippen molar-refractivity contribution >= 4 is 22.9 Å². The Morgan fingerprint density at radius 1 is 1.02 bits per heavy atom. The number of phenolic OH excluding ortho intramolecular Hbond substituents is 1. The number of hydrogen-bond donors (Lipinski definition) is 4. The van der Waals surface area contributed by atoms with Gasteiger partial charge in [0.05, 0.1) is 5.56 Å². The van der Waals surface area contributed by atoms with Gasteiger partial charge in [0.2, 0.25) is 5.78 Å². The van der Waals surface area contributed by atoms with Crippen molar-refractivity contribution in [2.24, 2.45) is 28.6 Å². The standard InChI is InChI=1S/C35H42O7/c1-17(2)27-29(38)25(20(5)36)31(40)35(42)32(41)28-30(39)26-23(15-33(28,6)16-34(27,35)7)22(13-14-24(26)37)19(4)18(3)21-11-9-8-10-12-21/h13-14,17,21,27,37-38,41-42H,3-4,8-12,15-16H2,1-2,5-7H3/t27?,33-,34-,35+/m1/s1. The number of ketones is 3. The molecule has 7 heteroatoms. The lowest BCUT2D eigenvalue weighted by Gasteiger charge is -2.59. The van der Waals surface area contributed by atoms with Crippen LogP contribution in [0.2, 0.25) is 0 Å². The van der Waals surface area contributed by atoms with E-state index in [1.165, 1.54) is 12.5 Å². The molecule has 1 aromatic carbocycles. The Balaban J connectivity index is 1.72. The summed E-state index contributed by atoms with van der Waals surface area (Å²) >= 11 is 0.